The normalized spacial score (nSPS) is 14.5. The summed E-state index contributed by atoms with van der Waals surface area (Å²) in [7, 11) is 0. The Morgan fingerprint density at radius 1 is 1.13 bits per heavy atom. The Labute approximate surface area is 176 Å². The van der Waals surface area contributed by atoms with Gasteiger partial charge in [0.15, 0.2) is 11.6 Å². The maximum absolute atomic E-state index is 11.7. The molecule has 1 aromatic carbocycles. The van der Waals surface area contributed by atoms with Gasteiger partial charge in [-0.1, -0.05) is 17.7 Å². The monoisotopic (exact) mass is 423 g/mol. The van der Waals surface area contributed by atoms with Crippen LogP contribution in [-0.4, -0.2) is 46.5 Å². The molecule has 1 aliphatic heterocycles. The van der Waals surface area contributed by atoms with Crippen LogP contribution in [-0.2, 0) is 6.54 Å². The Morgan fingerprint density at radius 3 is 2.87 bits per heavy atom. The molecule has 10 nitrogen and oxygen atoms in total. The van der Waals surface area contributed by atoms with Crippen LogP contribution < -0.4 is 10.5 Å². The van der Waals surface area contributed by atoms with E-state index in [1.54, 1.807) is 18.3 Å². The van der Waals surface area contributed by atoms with E-state index >= 15 is 0 Å². The number of H-pyrrole nitrogens is 1. The van der Waals surface area contributed by atoms with Crippen molar-refractivity contribution in [1.82, 2.24) is 40.0 Å². The molecule has 0 saturated carbocycles. The number of anilines is 1. The fourth-order valence-corrected chi connectivity index (χ4v) is 3.80. The first-order valence-corrected chi connectivity index (χ1v) is 9.93. The van der Waals surface area contributed by atoms with Crippen LogP contribution in [0.15, 0.2) is 47.4 Å². The second kappa shape index (κ2) is 7.38. The highest BCUT2D eigenvalue weighted by Crippen LogP contribution is 2.31. The predicted molar refractivity (Wildman–Crippen MR) is 111 cm³/mol. The lowest BCUT2D eigenvalue weighted by Gasteiger charge is -2.32. The summed E-state index contributed by atoms with van der Waals surface area (Å²) in [5.41, 5.74) is 1.30. The number of aromatic nitrogens is 8. The Balaban J connectivity index is 1.46. The Morgan fingerprint density at radius 2 is 2.03 bits per heavy atom. The highest BCUT2D eigenvalue weighted by atomic mass is 35.5. The quantitative estimate of drug-likeness (QED) is 0.535. The Hall–Kier alpha value is -3.53. The lowest BCUT2D eigenvalue weighted by molar-refractivity contribution is 0.510. The summed E-state index contributed by atoms with van der Waals surface area (Å²) >= 11 is 6.07. The highest BCUT2D eigenvalue weighted by molar-refractivity contribution is 6.30. The smallest absolute Gasteiger partial charge is 0.248 e. The zero-order valence-electron chi connectivity index (χ0n) is 16.1. The van der Waals surface area contributed by atoms with Gasteiger partial charge in [-0.25, -0.2) is 0 Å². The third kappa shape index (κ3) is 3.24. The first kappa shape index (κ1) is 18.5. The molecule has 0 saturated heterocycles. The van der Waals surface area contributed by atoms with Crippen LogP contribution in [0.25, 0.3) is 17.1 Å². The Bertz CT molecular complexity index is 1260. The van der Waals surface area contributed by atoms with Crippen molar-refractivity contribution in [3.8, 4) is 17.1 Å². The number of benzene rings is 1. The maximum Gasteiger partial charge on any atom is 0.248 e. The van der Waals surface area contributed by atoms with Crippen LogP contribution in [0.1, 0.15) is 25.2 Å². The van der Waals surface area contributed by atoms with E-state index in [4.69, 9.17) is 11.6 Å². The number of nitrogens with zero attached hydrogens (tertiary/aromatic N) is 8. The molecule has 11 heteroatoms. The second-order valence-electron chi connectivity index (χ2n) is 7.06. The number of rotatable bonds is 4. The zero-order chi connectivity index (χ0) is 20.7. The predicted octanol–water partition coefficient (Wildman–Crippen LogP) is 2.23. The number of hydrogen-bond donors (Lipinski definition) is 1. The Kier molecular flexibility index (Phi) is 4.55. The first-order chi connectivity index (χ1) is 14.6. The van der Waals surface area contributed by atoms with Crippen LogP contribution in [0.4, 0.5) is 5.95 Å². The minimum atomic E-state index is -0.173. The number of halogens is 1. The van der Waals surface area contributed by atoms with E-state index in [2.05, 4.69) is 35.5 Å². The summed E-state index contributed by atoms with van der Waals surface area (Å²) in [5.74, 6) is 1.97. The van der Waals surface area contributed by atoms with E-state index in [1.807, 2.05) is 29.7 Å². The average molecular weight is 424 g/mol. The molecular formula is C19H18ClN9O. The van der Waals surface area contributed by atoms with E-state index < -0.39 is 0 Å². The van der Waals surface area contributed by atoms with Crippen molar-refractivity contribution in [3.63, 3.8) is 0 Å². The maximum atomic E-state index is 11.7. The molecule has 0 aliphatic carbocycles. The first-order valence-electron chi connectivity index (χ1n) is 9.55. The number of tetrazole rings is 1. The molecule has 4 heterocycles. The van der Waals surface area contributed by atoms with Crippen molar-refractivity contribution in [2.75, 3.05) is 11.4 Å². The summed E-state index contributed by atoms with van der Waals surface area (Å²) < 4.78 is 2.02. The van der Waals surface area contributed by atoms with Gasteiger partial charge >= 0.3 is 0 Å². The lowest BCUT2D eigenvalue weighted by atomic mass is 10.2. The van der Waals surface area contributed by atoms with Crippen LogP contribution in [0.3, 0.4) is 0 Å². The van der Waals surface area contributed by atoms with Crippen LogP contribution in [0.5, 0.6) is 0 Å². The van der Waals surface area contributed by atoms with Crippen LogP contribution >= 0.6 is 11.6 Å². The van der Waals surface area contributed by atoms with E-state index in [0.29, 0.717) is 16.7 Å². The summed E-state index contributed by atoms with van der Waals surface area (Å²) in [6.07, 6.45) is 2.52. The zero-order valence-corrected chi connectivity index (χ0v) is 16.9. The van der Waals surface area contributed by atoms with Gasteiger partial charge in [0.05, 0.1) is 11.7 Å². The summed E-state index contributed by atoms with van der Waals surface area (Å²) in [6, 6.07) is 10.5. The van der Waals surface area contributed by atoms with E-state index in [0.717, 1.165) is 36.7 Å². The van der Waals surface area contributed by atoms with Gasteiger partial charge in [-0.15, -0.1) is 25.2 Å². The third-order valence-corrected chi connectivity index (χ3v) is 5.35. The number of fused-ring (bicyclic) bond motifs is 1. The molecule has 0 bridgehead atoms. The summed E-state index contributed by atoms with van der Waals surface area (Å²) in [5, 5.41) is 22.3. The van der Waals surface area contributed by atoms with E-state index in [9.17, 15) is 4.79 Å². The van der Waals surface area contributed by atoms with Crippen LogP contribution in [0, 0.1) is 0 Å². The lowest BCUT2D eigenvalue weighted by Crippen LogP contribution is -2.35. The van der Waals surface area contributed by atoms with Crippen molar-refractivity contribution in [2.45, 2.75) is 25.9 Å². The fraction of sp³-hybridized carbons (Fsp3) is 0.263. The fourth-order valence-electron chi connectivity index (χ4n) is 3.62. The molecule has 5 rings (SSSR count). The standard InChI is InChI=1S/C19H18ClN9O/c1-12(17-22-26-29(25-17)15-5-2-4-14(20)11-15)27-8-3-9-28-18(23-24-19(27)28)13-6-7-21-16(30)10-13/h2,4-7,10-12H,3,8-9H2,1H3,(H,21,30)/t12-/m1/s1. The van der Waals surface area contributed by atoms with Crippen molar-refractivity contribution >= 4 is 17.5 Å². The molecule has 0 spiro atoms. The van der Waals surface area contributed by atoms with Crippen LogP contribution in [0.2, 0.25) is 5.02 Å². The molecule has 0 amide bonds. The van der Waals surface area contributed by atoms with Gasteiger partial charge < -0.3 is 9.88 Å². The van der Waals surface area contributed by atoms with Gasteiger partial charge in [0, 0.05) is 35.9 Å². The van der Waals surface area contributed by atoms with Gasteiger partial charge in [-0.3, -0.25) is 9.36 Å². The number of hydrogen-bond acceptors (Lipinski definition) is 7. The minimum Gasteiger partial charge on any atom is -0.331 e. The van der Waals surface area contributed by atoms with Gasteiger partial charge in [-0.05, 0) is 42.8 Å². The molecular weight excluding hydrogens is 406 g/mol. The number of aromatic amines is 1. The number of nitrogens with one attached hydrogen (secondary N) is 1. The minimum absolute atomic E-state index is 0.159. The largest absolute Gasteiger partial charge is 0.331 e. The molecule has 1 aliphatic rings. The summed E-state index contributed by atoms with van der Waals surface area (Å²) in [6.45, 7) is 3.58. The average Bonchev–Trinajstić information content (AvgIpc) is 3.41. The molecule has 4 aromatic rings. The summed E-state index contributed by atoms with van der Waals surface area (Å²) in [4.78, 5) is 17.9. The van der Waals surface area contributed by atoms with E-state index in [1.165, 1.54) is 10.9 Å². The van der Waals surface area contributed by atoms with Gasteiger partial charge in [0.2, 0.25) is 11.5 Å². The van der Waals surface area contributed by atoms with Gasteiger partial charge in [0.1, 0.15) is 0 Å². The van der Waals surface area contributed by atoms with E-state index in [-0.39, 0.29) is 11.6 Å². The highest BCUT2D eigenvalue weighted by Gasteiger charge is 2.29. The molecule has 3 aromatic heterocycles. The molecule has 30 heavy (non-hydrogen) atoms. The molecule has 1 N–H and O–H groups in total. The second-order valence-corrected chi connectivity index (χ2v) is 7.49. The van der Waals surface area contributed by atoms with Gasteiger partial charge in [0.25, 0.3) is 0 Å². The molecule has 152 valence electrons. The SMILES string of the molecule is C[C@H](c1nnn(-c2cccc(Cl)c2)n1)N1CCCn2c(-c3cc[nH]c(=O)c3)nnc21. The van der Waals surface area contributed by atoms with Crippen molar-refractivity contribution in [3.05, 3.63) is 63.8 Å². The molecule has 0 radical (unpaired) electrons. The molecule has 1 atom stereocenters. The number of pyridine rings is 1. The van der Waals surface area contributed by atoms with Gasteiger partial charge in [-0.2, -0.15) is 0 Å². The molecule has 0 unspecified atom stereocenters. The van der Waals surface area contributed by atoms with Crippen molar-refractivity contribution in [2.24, 2.45) is 0 Å². The third-order valence-electron chi connectivity index (χ3n) is 5.11. The molecule has 0 fully saturated rings. The topological polar surface area (TPSA) is 110 Å². The van der Waals surface area contributed by atoms with Crippen molar-refractivity contribution < 1.29 is 0 Å². The van der Waals surface area contributed by atoms with Crippen molar-refractivity contribution in [1.29, 1.82) is 0 Å².